The van der Waals surface area contributed by atoms with Crippen LogP contribution in [0.15, 0.2) is 181 Å². The van der Waals surface area contributed by atoms with Gasteiger partial charge in [0, 0.05) is 49.4 Å². The fraction of sp³-hybridized carbons (Fsp3) is 0.0227. The minimum Gasteiger partial charge on any atom is -0.505 e. The number of rotatable bonds is 9. The van der Waals surface area contributed by atoms with E-state index in [1.807, 2.05) is 18.2 Å². The molecule has 0 spiro atoms. The van der Waals surface area contributed by atoms with Gasteiger partial charge in [-0.15, -0.1) is 20.5 Å². The Bertz CT molecular complexity index is 3520. The van der Waals surface area contributed by atoms with Crippen molar-refractivity contribution in [3.8, 4) is 5.75 Å². The Labute approximate surface area is 371 Å². The standard InChI is InChI=1S/C30H21N5O10S3.C7H8N2O.C7H8/c31-24-9-11-26(22-14-16(46(37,38)39)4-6-18(22)24)33-32-25-12-13-27(23-15-17(47(40,41)42)5-7-19(23)25)34-35-28-10-8-20-21(30(28)36)2-1-3-29(20)48(43,44)45;8-6-2-1-3-7(4-6)9-5-10;1-7-5-3-2-4-6-7/h1-15,36H,31H2,(H,37,38,39)(H,40,41,42)(H,43,44,45);1-5H,8H2,(H,9,10);2-6H,1H3. The van der Waals surface area contributed by atoms with Gasteiger partial charge >= 0.3 is 0 Å². The molecule has 0 atom stereocenters. The highest BCUT2D eigenvalue weighted by molar-refractivity contribution is 7.86. The summed E-state index contributed by atoms with van der Waals surface area (Å²) >= 11 is 0. The molecule has 0 aromatic heterocycles. The third-order valence-corrected chi connectivity index (χ3v) is 12.0. The topological polar surface area (TPSA) is 314 Å². The molecule has 0 heterocycles. The summed E-state index contributed by atoms with van der Waals surface area (Å²) in [6, 6.07) is 37.1. The van der Waals surface area contributed by atoms with Gasteiger partial charge in [-0.3, -0.25) is 18.5 Å². The van der Waals surface area contributed by atoms with Crippen molar-refractivity contribution in [2.24, 2.45) is 20.5 Å². The number of anilines is 3. The number of nitrogens with two attached hydrogens (primary N) is 2. The molecule has 0 saturated heterocycles. The number of nitrogens with one attached hydrogen (secondary N) is 1. The molecule has 0 aliphatic carbocycles. The maximum Gasteiger partial charge on any atom is 0.295 e. The molecule has 0 bridgehead atoms. The summed E-state index contributed by atoms with van der Waals surface area (Å²) < 4.78 is 99.8. The molecule has 332 valence electrons. The number of amides is 1. The van der Waals surface area contributed by atoms with Gasteiger partial charge in [-0.25, -0.2) is 0 Å². The van der Waals surface area contributed by atoms with Crippen molar-refractivity contribution in [1.82, 2.24) is 0 Å². The first-order chi connectivity index (χ1) is 30.7. The van der Waals surface area contributed by atoms with Crippen LogP contribution in [0.5, 0.6) is 5.75 Å². The third-order valence-electron chi connectivity index (χ3n) is 9.37. The summed E-state index contributed by atoms with van der Waals surface area (Å²) in [6.45, 7) is 2.08. The van der Waals surface area contributed by atoms with Crippen molar-refractivity contribution in [3.05, 3.63) is 151 Å². The van der Waals surface area contributed by atoms with Crippen molar-refractivity contribution in [3.63, 3.8) is 0 Å². The summed E-state index contributed by atoms with van der Waals surface area (Å²) in [5.41, 5.74) is 14.9. The SMILES string of the molecule is Cc1ccccc1.Nc1ccc(N=Nc2ccc(N=Nc3ccc4c(S(=O)(=O)O)cccc4c3O)c3cc(S(=O)(=O)O)ccc23)c2cc(S(=O)(=O)O)ccc12.Nc1cccc(NC=O)c1. The first kappa shape index (κ1) is 46.8. The fourth-order valence-electron chi connectivity index (χ4n) is 6.27. The monoisotopic (exact) mass is 935 g/mol. The Balaban J connectivity index is 0.000000342. The molecule has 0 aliphatic heterocycles. The van der Waals surface area contributed by atoms with E-state index in [-0.39, 0.29) is 49.2 Å². The Morgan fingerprint density at radius 2 is 1.00 bits per heavy atom. The highest BCUT2D eigenvalue weighted by Gasteiger charge is 2.18. The number of aryl methyl sites for hydroxylation is 1. The number of phenols is 1. The Morgan fingerprint density at radius 3 is 1.54 bits per heavy atom. The smallest absolute Gasteiger partial charge is 0.295 e. The summed E-state index contributed by atoms with van der Waals surface area (Å²) in [7, 11) is -13.8. The van der Waals surface area contributed by atoms with Crippen molar-refractivity contribution < 1.29 is 48.8 Å². The van der Waals surface area contributed by atoms with Gasteiger partial charge in [0.2, 0.25) is 6.41 Å². The number of carbonyl (C=O) groups excluding carboxylic acids is 1. The number of benzene rings is 8. The number of phenolic OH excluding ortho intramolecular Hbond substituents is 1. The molecular weight excluding hydrogens is 899 g/mol. The van der Waals surface area contributed by atoms with E-state index >= 15 is 0 Å². The lowest BCUT2D eigenvalue weighted by atomic mass is 10.1. The maximum absolute atomic E-state index is 12.0. The maximum atomic E-state index is 12.0. The zero-order valence-corrected chi connectivity index (χ0v) is 36.2. The van der Waals surface area contributed by atoms with E-state index in [4.69, 9.17) is 11.5 Å². The predicted octanol–water partition coefficient (Wildman–Crippen LogP) is 9.84. The zero-order valence-electron chi connectivity index (χ0n) is 33.7. The van der Waals surface area contributed by atoms with E-state index in [0.717, 1.165) is 17.8 Å². The van der Waals surface area contributed by atoms with E-state index in [1.54, 1.807) is 24.3 Å². The summed E-state index contributed by atoms with van der Waals surface area (Å²) in [5.74, 6) is -0.442. The van der Waals surface area contributed by atoms with Crippen molar-refractivity contribution in [2.45, 2.75) is 21.6 Å². The Hall–Kier alpha value is -7.66. The molecule has 8 aromatic carbocycles. The van der Waals surface area contributed by atoms with Crippen LogP contribution in [0.25, 0.3) is 32.3 Å². The first-order valence-corrected chi connectivity index (χ1v) is 23.0. The molecule has 18 nitrogen and oxygen atoms in total. The predicted molar refractivity (Wildman–Crippen MR) is 247 cm³/mol. The van der Waals surface area contributed by atoms with E-state index in [1.165, 1.54) is 84.4 Å². The molecule has 9 N–H and O–H groups in total. The van der Waals surface area contributed by atoms with Gasteiger partial charge in [0.1, 0.15) is 10.6 Å². The number of hydrogen-bond donors (Lipinski definition) is 7. The lowest BCUT2D eigenvalue weighted by Gasteiger charge is -2.09. The van der Waals surface area contributed by atoms with Crippen molar-refractivity contribution in [1.29, 1.82) is 0 Å². The van der Waals surface area contributed by atoms with Crippen LogP contribution in [0, 0.1) is 6.92 Å². The van der Waals surface area contributed by atoms with Gasteiger partial charge in [0.05, 0.1) is 26.9 Å². The van der Waals surface area contributed by atoms with Gasteiger partial charge in [-0.2, -0.15) is 25.3 Å². The van der Waals surface area contributed by atoms with Crippen molar-refractivity contribution in [2.75, 3.05) is 16.8 Å². The first-order valence-electron chi connectivity index (χ1n) is 18.7. The van der Waals surface area contributed by atoms with E-state index in [2.05, 4.69) is 44.8 Å². The molecule has 0 unspecified atom stereocenters. The Kier molecular flexibility index (Phi) is 14.0. The van der Waals surface area contributed by atoms with E-state index < -0.39 is 45.9 Å². The lowest BCUT2D eigenvalue weighted by molar-refractivity contribution is -0.105. The van der Waals surface area contributed by atoms with E-state index in [9.17, 15) is 48.8 Å². The highest BCUT2D eigenvalue weighted by atomic mass is 32.2. The Morgan fingerprint density at radius 1 is 0.492 bits per heavy atom. The van der Waals surface area contributed by atoms with Gasteiger partial charge < -0.3 is 21.9 Å². The molecule has 0 aliphatic rings. The molecule has 8 rings (SSSR count). The van der Waals surface area contributed by atoms with Crippen LogP contribution < -0.4 is 16.8 Å². The largest absolute Gasteiger partial charge is 0.505 e. The van der Waals surface area contributed by atoms with Crippen LogP contribution >= 0.6 is 0 Å². The van der Waals surface area contributed by atoms with Crippen LogP contribution in [0.1, 0.15) is 5.56 Å². The summed E-state index contributed by atoms with van der Waals surface area (Å²) in [5, 5.41) is 31.4. The number of aromatic hydroxyl groups is 1. The fourth-order valence-corrected chi connectivity index (χ4v) is 7.99. The van der Waals surface area contributed by atoms with Crippen LogP contribution in [0.4, 0.5) is 39.8 Å². The molecular formula is C44H37N7O11S3. The number of hydrogen-bond acceptors (Lipinski definition) is 14. The number of fused-ring (bicyclic) bond motifs is 3. The molecule has 21 heteroatoms. The average molecular weight is 936 g/mol. The van der Waals surface area contributed by atoms with Crippen LogP contribution in [0.3, 0.4) is 0 Å². The second-order valence-corrected chi connectivity index (χ2v) is 18.1. The lowest BCUT2D eigenvalue weighted by Crippen LogP contribution is -1.98. The minimum absolute atomic E-state index is 0.0394. The number of nitrogen functional groups attached to an aromatic ring is 2. The summed E-state index contributed by atoms with van der Waals surface area (Å²) in [6.07, 6.45) is 0.620. The second kappa shape index (κ2) is 19.4. The molecule has 0 fully saturated rings. The number of nitrogens with zero attached hydrogens (tertiary/aromatic N) is 4. The molecule has 8 aromatic rings. The van der Waals surface area contributed by atoms with Crippen LogP contribution in [-0.4, -0.2) is 50.4 Å². The van der Waals surface area contributed by atoms with Gasteiger partial charge in [-0.05, 0) is 85.8 Å². The van der Waals surface area contributed by atoms with Crippen LogP contribution in [0.2, 0.25) is 0 Å². The molecule has 0 saturated carbocycles. The second-order valence-electron chi connectivity index (χ2n) is 13.8. The summed E-state index contributed by atoms with van der Waals surface area (Å²) in [4.78, 5) is 8.67. The number of azo groups is 2. The average Bonchev–Trinajstić information content (AvgIpc) is 3.26. The van der Waals surface area contributed by atoms with E-state index in [0.29, 0.717) is 28.6 Å². The molecule has 1 amide bonds. The van der Waals surface area contributed by atoms with Gasteiger partial charge in [0.15, 0.2) is 5.75 Å². The molecule has 65 heavy (non-hydrogen) atoms. The third kappa shape index (κ3) is 11.5. The minimum atomic E-state index is -4.66. The highest BCUT2D eigenvalue weighted by Crippen LogP contribution is 2.41. The van der Waals surface area contributed by atoms with Crippen LogP contribution in [-0.2, 0) is 35.1 Å². The van der Waals surface area contributed by atoms with Crippen molar-refractivity contribution >= 4 is 109 Å². The molecule has 0 radical (unpaired) electrons. The van der Waals surface area contributed by atoms with Gasteiger partial charge in [0.25, 0.3) is 30.4 Å². The quantitative estimate of drug-likeness (QED) is 0.0307. The number of carbonyl (C=O) groups is 1. The van der Waals surface area contributed by atoms with Gasteiger partial charge in [-0.1, -0.05) is 72.3 Å². The normalized spacial score (nSPS) is 11.9. The zero-order chi connectivity index (χ0) is 47.1.